The Balaban J connectivity index is 0.000000138. The molecule has 672 valence electrons. The average Bonchev–Trinajstić information content (AvgIpc) is 1.60. The van der Waals surface area contributed by atoms with E-state index in [4.69, 9.17) is 16.7 Å². The van der Waals surface area contributed by atoms with Crippen LogP contribution in [0, 0.1) is 11.8 Å². The van der Waals surface area contributed by atoms with Crippen molar-refractivity contribution < 1.29 is 113 Å². The number of aliphatic carboxylic acids is 4. The van der Waals surface area contributed by atoms with Crippen molar-refractivity contribution in [1.82, 2.24) is 23.3 Å². The molecule has 21 nitrogen and oxygen atoms in total. The van der Waals surface area contributed by atoms with Crippen molar-refractivity contribution in [3.8, 4) is 0 Å². The van der Waals surface area contributed by atoms with Gasteiger partial charge in [-0.05, 0) is 206 Å². The minimum atomic E-state index is -4.73. The lowest BCUT2D eigenvalue weighted by Crippen LogP contribution is -2.26. The summed E-state index contributed by atoms with van der Waals surface area (Å²) in [6.07, 6.45) is -3.61. The van der Waals surface area contributed by atoms with Gasteiger partial charge in [0, 0.05) is 148 Å². The molecule has 8 aromatic carbocycles. The van der Waals surface area contributed by atoms with Crippen molar-refractivity contribution in [2.75, 3.05) is 18.8 Å². The van der Waals surface area contributed by atoms with Crippen LogP contribution in [0.15, 0.2) is 219 Å². The fourth-order valence-electron chi connectivity index (χ4n) is 18.4. The van der Waals surface area contributed by atoms with Gasteiger partial charge in [0.1, 0.15) is 6.04 Å². The first-order valence-electron chi connectivity index (χ1n) is 40.7. The van der Waals surface area contributed by atoms with Gasteiger partial charge in [0.05, 0.1) is 48.6 Å². The maximum Gasteiger partial charge on any atom is 0.416 e. The first kappa shape index (κ1) is 92.6. The number of halogens is 10. The molecule has 0 fully saturated rings. The van der Waals surface area contributed by atoms with Crippen LogP contribution in [0.2, 0.25) is 5.02 Å². The lowest BCUT2D eigenvalue weighted by molar-refractivity contribution is -0.143. The third kappa shape index (κ3) is 19.5. The second-order valence-corrected chi connectivity index (χ2v) is 40.9. The van der Waals surface area contributed by atoms with Crippen LogP contribution in [0.25, 0.3) is 43.6 Å². The molecule has 0 amide bonds. The number of carbonyl (C=O) groups is 4. The van der Waals surface area contributed by atoms with Crippen LogP contribution in [0.5, 0.6) is 0 Å². The fraction of sp³-hybridized carbons (Fsp3) is 0.301. The number of sulfone groups is 4. The molecule has 0 aliphatic carbocycles. The normalized spacial score (nSPS) is 16.6. The molecule has 4 aliphatic rings. The minimum Gasteiger partial charge on any atom is -0.481 e. The largest absolute Gasteiger partial charge is 0.481 e. The lowest BCUT2D eigenvalue weighted by atomic mass is 9.91. The highest BCUT2D eigenvalue weighted by Gasteiger charge is 2.41. The first-order valence-corrected chi connectivity index (χ1v) is 48.2. The molecule has 5 aromatic heterocycles. The molecular weight excluding hydrogens is 1780 g/mol. The molecular formula is C93H85ClF9N5O16S4. The van der Waals surface area contributed by atoms with E-state index in [0.717, 1.165) is 97.4 Å². The van der Waals surface area contributed by atoms with E-state index < -0.39 is 115 Å². The molecule has 4 aliphatic heterocycles. The van der Waals surface area contributed by atoms with Crippen molar-refractivity contribution >= 4 is 118 Å². The zero-order chi connectivity index (χ0) is 92.2. The summed E-state index contributed by atoms with van der Waals surface area (Å²) in [5.41, 5.74) is 7.69. The number of para-hydroxylation sites is 4. The molecule has 13 aromatic rings. The van der Waals surface area contributed by atoms with Gasteiger partial charge in [-0.2, -0.15) is 39.5 Å². The third-order valence-corrected chi connectivity index (χ3v) is 29.5. The average molecular weight is 1860 g/mol. The maximum atomic E-state index is 13.8. The van der Waals surface area contributed by atoms with Gasteiger partial charge in [-0.1, -0.05) is 109 Å². The number of pyridine rings is 1. The molecule has 0 radical (unpaired) electrons. The summed E-state index contributed by atoms with van der Waals surface area (Å²) in [5.74, 6) is -4.01. The Morgan fingerprint density at radius 2 is 0.789 bits per heavy atom. The zero-order valence-corrected chi connectivity index (χ0v) is 72.9. The number of aromatic nitrogens is 5. The van der Waals surface area contributed by atoms with Crippen LogP contribution >= 0.6 is 11.6 Å². The smallest absolute Gasteiger partial charge is 0.416 e. The number of rotatable bonds is 19. The molecule has 4 N–H and O–H groups in total. The zero-order valence-electron chi connectivity index (χ0n) is 68.8. The summed E-state index contributed by atoms with van der Waals surface area (Å²) in [6.45, 7) is 0.912. The van der Waals surface area contributed by atoms with E-state index >= 15 is 0 Å². The molecule has 0 saturated heterocycles. The van der Waals surface area contributed by atoms with Crippen molar-refractivity contribution in [3.63, 3.8) is 0 Å². The van der Waals surface area contributed by atoms with Crippen molar-refractivity contribution in [2.45, 2.75) is 171 Å². The van der Waals surface area contributed by atoms with E-state index in [-0.39, 0.29) is 80.5 Å². The maximum absolute atomic E-state index is 13.8. The summed E-state index contributed by atoms with van der Waals surface area (Å²) in [7, 11) is -15.2. The molecule has 0 bridgehead atoms. The summed E-state index contributed by atoms with van der Waals surface area (Å²) in [6, 6.07) is 47.7. The Kier molecular flexibility index (Phi) is 26.2. The SMILES string of the molecule is CS(=O)(=O)c1ccc(Cc2c3n(c4ccccc24)C(C(=O)O)CCC3)c(C(F)(F)F)c1.CS(=O)(=O)c1ccc(Cc2c3n(c4ccccc24)C(CC(=O)O)CCC3)c(C(F)(F)F)c1.CS(=O)(=O)c1ccc(Cc2c3n(c4ccccc24)CC(CC(=O)O)CC3)c(C(F)(F)F)c1.O=C(O)C1CCc2c(Cc3cccnc3S(=O)(=O)c3ccc(Cl)cc3)c3ccccc3n2C1. The van der Waals surface area contributed by atoms with Crippen LogP contribution < -0.4 is 0 Å². The quantitative estimate of drug-likeness (QED) is 0.0547. The van der Waals surface area contributed by atoms with E-state index in [1.165, 1.54) is 54.7 Å². The topological polar surface area (TPSA) is 318 Å². The van der Waals surface area contributed by atoms with Gasteiger partial charge in [0.2, 0.25) is 9.84 Å². The number of nitrogens with zero attached hydrogens (tertiary/aromatic N) is 5. The summed E-state index contributed by atoms with van der Waals surface area (Å²) in [5, 5.41) is 41.5. The van der Waals surface area contributed by atoms with Crippen LogP contribution in [0.1, 0.15) is 147 Å². The third-order valence-electron chi connectivity index (χ3n) is 24.2. The second-order valence-electron chi connectivity index (χ2n) is 32.6. The molecule has 0 saturated carbocycles. The molecule has 17 rings (SSSR count). The van der Waals surface area contributed by atoms with E-state index in [2.05, 4.69) is 9.55 Å². The predicted molar refractivity (Wildman–Crippen MR) is 461 cm³/mol. The Labute approximate surface area is 734 Å². The van der Waals surface area contributed by atoms with E-state index in [1.807, 2.05) is 81.9 Å². The number of fused-ring (bicyclic) bond motifs is 12. The van der Waals surface area contributed by atoms with Crippen molar-refractivity contribution in [1.29, 1.82) is 0 Å². The summed E-state index contributed by atoms with van der Waals surface area (Å²) >= 11 is 5.94. The van der Waals surface area contributed by atoms with Crippen LogP contribution in [0.4, 0.5) is 39.5 Å². The van der Waals surface area contributed by atoms with Gasteiger partial charge in [-0.25, -0.2) is 43.4 Å². The first-order chi connectivity index (χ1) is 60.3. The lowest BCUT2D eigenvalue weighted by Gasteiger charge is -2.27. The van der Waals surface area contributed by atoms with Gasteiger partial charge >= 0.3 is 42.4 Å². The second kappa shape index (κ2) is 36.2. The highest BCUT2D eigenvalue weighted by atomic mass is 35.5. The van der Waals surface area contributed by atoms with Crippen LogP contribution in [-0.2, 0) is 142 Å². The number of hydrogen-bond donors (Lipinski definition) is 4. The van der Waals surface area contributed by atoms with Gasteiger partial charge in [-0.15, -0.1) is 0 Å². The minimum absolute atomic E-state index is 0.00529. The Hall–Kier alpha value is -11.6. The summed E-state index contributed by atoms with van der Waals surface area (Å²) < 4.78 is 230. The van der Waals surface area contributed by atoms with Crippen molar-refractivity contribution in [3.05, 3.63) is 283 Å². The number of alkyl halides is 9. The molecule has 0 spiro atoms. The van der Waals surface area contributed by atoms with Gasteiger partial charge in [0.15, 0.2) is 34.5 Å². The van der Waals surface area contributed by atoms with Gasteiger partial charge in [-0.3, -0.25) is 14.4 Å². The monoisotopic (exact) mass is 1860 g/mol. The highest BCUT2D eigenvalue weighted by Crippen LogP contribution is 2.46. The Bertz CT molecular complexity index is 7060. The number of benzene rings is 8. The van der Waals surface area contributed by atoms with Crippen LogP contribution in [-0.4, -0.2) is 120 Å². The molecule has 9 heterocycles. The highest BCUT2D eigenvalue weighted by molar-refractivity contribution is 7.91. The molecule has 35 heteroatoms. The van der Waals surface area contributed by atoms with Gasteiger partial charge in [0.25, 0.3) is 0 Å². The van der Waals surface area contributed by atoms with E-state index in [1.54, 1.807) is 53.1 Å². The van der Waals surface area contributed by atoms with E-state index in [9.17, 15) is 108 Å². The van der Waals surface area contributed by atoms with Crippen LogP contribution in [0.3, 0.4) is 0 Å². The number of carboxylic acids is 4. The fourth-order valence-corrected chi connectivity index (χ4v) is 21.9. The molecule has 128 heavy (non-hydrogen) atoms. The number of carboxylic acid groups (broad SMARTS) is 4. The molecule has 4 atom stereocenters. The Morgan fingerprint density at radius 1 is 0.406 bits per heavy atom. The van der Waals surface area contributed by atoms with Crippen molar-refractivity contribution in [2.24, 2.45) is 11.8 Å². The Morgan fingerprint density at radius 3 is 1.22 bits per heavy atom. The standard InChI is InChI=1S/C25H21ClN2O4S.2C23H22F3NO4S.C22H20F3NO4S/c26-18-8-10-19(11-9-18)33(31,32)24-16(4-3-13-27-24)14-21-20-5-1-2-6-22(20)28-15-17(25(29)30)7-12-23(21)28;1-32(30,31)16-10-9-14(19(13-16)23(24,25)26)11-18-17-6-2-3-7-20(17)27-15(12-22(28)29)5-4-8-21(18)27;1-32(30,31)16-8-7-15(19(12-16)23(24,25)26)11-18-17-4-2-3-5-20(17)27-13-14(10-22(28)29)6-9-21(18)27;1-31(29,30)14-10-9-13(17(12-14)22(23,24)25)11-16-15-5-2-3-6-18(15)26-19(16)7-4-8-20(26)21(27)28/h1-6,8-11,13,17H,7,12,14-15H2,(H,29,30);2-3,6-7,9-10,13,15H,4-5,8,11-12H2,1H3,(H,28,29);2-5,7-8,12,14H,6,9-11,13H2,1H3,(H,28,29);2-3,5-6,9-10,12,20H,4,7-8,11H2,1H3,(H,27,28). The van der Waals surface area contributed by atoms with E-state index in [0.29, 0.717) is 123 Å². The molecule has 4 unspecified atom stereocenters. The van der Waals surface area contributed by atoms with Gasteiger partial charge < -0.3 is 38.7 Å². The summed E-state index contributed by atoms with van der Waals surface area (Å²) in [4.78, 5) is 49.2. The predicted octanol–water partition coefficient (Wildman–Crippen LogP) is 19.1. The number of hydrogen-bond acceptors (Lipinski definition) is 13.